The van der Waals surface area contributed by atoms with Crippen LogP contribution in [0.1, 0.15) is 0 Å². The molecule has 0 atom stereocenters. The van der Waals surface area contributed by atoms with Crippen LogP contribution in [0.3, 0.4) is 0 Å². The number of hydrogen-bond donors (Lipinski definition) is 1. The fourth-order valence-electron chi connectivity index (χ4n) is 1.40. The third-order valence-electron chi connectivity index (χ3n) is 2.27. The summed E-state index contributed by atoms with van der Waals surface area (Å²) >= 11 is 0. The molecule has 20 heavy (non-hydrogen) atoms. The average Bonchev–Trinajstić information content (AvgIpc) is 2.25. The van der Waals surface area contributed by atoms with Gasteiger partial charge >= 0.3 is 6.18 Å². The Morgan fingerprint density at radius 1 is 1.40 bits per heavy atom. The number of halogens is 3. The van der Waals surface area contributed by atoms with Crippen molar-refractivity contribution in [2.45, 2.75) is 11.1 Å². The Morgan fingerprint density at radius 3 is 2.40 bits per heavy atom. The van der Waals surface area contributed by atoms with Crippen molar-refractivity contribution >= 4 is 21.4 Å². The van der Waals surface area contributed by atoms with Crippen LogP contribution >= 0.6 is 0 Å². The number of nitrogens with two attached hydrogens (primary N) is 1. The van der Waals surface area contributed by atoms with Crippen LogP contribution in [-0.4, -0.2) is 37.4 Å². The van der Waals surface area contributed by atoms with Gasteiger partial charge in [-0.3, -0.25) is 10.1 Å². The van der Waals surface area contributed by atoms with Gasteiger partial charge in [0, 0.05) is 18.8 Å². The van der Waals surface area contributed by atoms with Gasteiger partial charge in [-0.15, -0.1) is 0 Å². The quantitative estimate of drug-likeness (QED) is 0.513. The molecule has 0 heterocycles. The van der Waals surface area contributed by atoms with E-state index < -0.39 is 38.3 Å². The van der Waals surface area contributed by atoms with Crippen molar-refractivity contribution < 1.29 is 26.5 Å². The summed E-state index contributed by atoms with van der Waals surface area (Å²) in [5.41, 5.74) is 4.34. The van der Waals surface area contributed by atoms with E-state index in [1.165, 1.54) is 0 Å². The minimum atomic E-state index is -4.76. The molecule has 0 aliphatic carbocycles. The highest BCUT2D eigenvalue weighted by atomic mass is 32.2. The summed E-state index contributed by atoms with van der Waals surface area (Å²) in [5, 5.41) is 10.8. The zero-order valence-electron chi connectivity index (χ0n) is 10.1. The largest absolute Gasteiger partial charge is 0.402 e. The van der Waals surface area contributed by atoms with Crippen LogP contribution in [0.5, 0.6) is 0 Å². The smallest absolute Gasteiger partial charge is 0.399 e. The van der Waals surface area contributed by atoms with Crippen LogP contribution in [-0.2, 0) is 10.0 Å². The number of rotatable bonds is 4. The first-order valence-electron chi connectivity index (χ1n) is 5.02. The molecule has 0 spiro atoms. The molecular formula is C9H10F3N3O4S. The maximum Gasteiger partial charge on any atom is 0.402 e. The van der Waals surface area contributed by atoms with Gasteiger partial charge in [0.1, 0.15) is 6.54 Å². The summed E-state index contributed by atoms with van der Waals surface area (Å²) in [4.78, 5) is 8.91. The third-order valence-corrected chi connectivity index (χ3v) is 4.12. The van der Waals surface area contributed by atoms with Gasteiger partial charge in [-0.25, -0.2) is 8.42 Å². The molecule has 1 rings (SSSR count). The molecule has 0 aliphatic heterocycles. The second-order valence-corrected chi connectivity index (χ2v) is 5.87. The molecule has 7 nitrogen and oxygen atoms in total. The monoisotopic (exact) mass is 313 g/mol. The molecule has 11 heteroatoms. The number of benzene rings is 1. The van der Waals surface area contributed by atoms with Crippen LogP contribution in [0, 0.1) is 10.1 Å². The second kappa shape index (κ2) is 5.25. The molecule has 0 saturated heterocycles. The van der Waals surface area contributed by atoms with Crippen molar-refractivity contribution in [2.24, 2.45) is 0 Å². The van der Waals surface area contributed by atoms with Crippen molar-refractivity contribution in [1.82, 2.24) is 4.31 Å². The Morgan fingerprint density at radius 2 is 1.95 bits per heavy atom. The van der Waals surface area contributed by atoms with Crippen molar-refractivity contribution in [3.05, 3.63) is 28.3 Å². The van der Waals surface area contributed by atoms with Gasteiger partial charge < -0.3 is 5.73 Å². The van der Waals surface area contributed by atoms with Gasteiger partial charge in [-0.2, -0.15) is 17.5 Å². The zero-order chi connectivity index (χ0) is 15.7. The Hall–Kier alpha value is -1.88. The Balaban J connectivity index is 3.32. The zero-order valence-corrected chi connectivity index (χ0v) is 10.9. The fourth-order valence-corrected chi connectivity index (χ4v) is 2.69. The van der Waals surface area contributed by atoms with E-state index in [9.17, 15) is 31.7 Å². The lowest BCUT2D eigenvalue weighted by Crippen LogP contribution is -2.36. The van der Waals surface area contributed by atoms with Gasteiger partial charge in [0.05, 0.1) is 4.92 Å². The molecule has 0 aromatic heterocycles. The normalized spacial score (nSPS) is 12.7. The molecule has 1 aromatic carbocycles. The fraction of sp³-hybridized carbons (Fsp3) is 0.333. The molecule has 0 saturated carbocycles. The third kappa shape index (κ3) is 3.57. The van der Waals surface area contributed by atoms with E-state index >= 15 is 0 Å². The number of hydrogen-bond acceptors (Lipinski definition) is 5. The first-order valence-corrected chi connectivity index (χ1v) is 6.46. The minimum absolute atomic E-state index is 0.00841. The molecular weight excluding hydrogens is 303 g/mol. The lowest BCUT2D eigenvalue weighted by molar-refractivity contribution is -0.387. The van der Waals surface area contributed by atoms with E-state index in [0.717, 1.165) is 18.2 Å². The van der Waals surface area contributed by atoms with Crippen LogP contribution in [0.2, 0.25) is 0 Å². The lowest BCUT2D eigenvalue weighted by Gasteiger charge is -2.18. The highest BCUT2D eigenvalue weighted by molar-refractivity contribution is 7.89. The molecule has 0 fully saturated rings. The van der Waals surface area contributed by atoms with Gasteiger partial charge in [-0.1, -0.05) is 0 Å². The van der Waals surface area contributed by atoms with E-state index in [-0.39, 0.29) is 9.99 Å². The number of nitro benzene ring substituents is 1. The molecule has 0 bridgehead atoms. The maximum atomic E-state index is 12.2. The summed E-state index contributed by atoms with van der Waals surface area (Å²) in [7, 11) is -3.97. The van der Waals surface area contributed by atoms with Crippen LogP contribution in [0.4, 0.5) is 24.5 Å². The summed E-state index contributed by atoms with van der Waals surface area (Å²) in [5.74, 6) is 0. The summed E-state index contributed by atoms with van der Waals surface area (Å²) in [6.45, 7) is -1.75. The predicted molar refractivity (Wildman–Crippen MR) is 63.4 cm³/mol. The van der Waals surface area contributed by atoms with Crippen molar-refractivity contribution in [2.75, 3.05) is 19.3 Å². The standard InChI is InChI=1S/C9H10F3N3O4S/c1-14(5-9(10,11)12)20(18,19)8-3-2-6(13)4-7(8)15(16)17/h2-4H,5,13H2,1H3. The number of alkyl halides is 3. The molecule has 0 amide bonds. The van der Waals surface area contributed by atoms with Gasteiger partial charge in [0.25, 0.3) is 5.69 Å². The highest BCUT2D eigenvalue weighted by Crippen LogP contribution is 2.29. The first kappa shape index (κ1) is 16.2. The molecule has 0 unspecified atom stereocenters. The second-order valence-electron chi connectivity index (χ2n) is 3.86. The van der Waals surface area contributed by atoms with Crippen molar-refractivity contribution in [1.29, 1.82) is 0 Å². The number of nitro groups is 1. The predicted octanol–water partition coefficient (Wildman–Crippen LogP) is 1.36. The van der Waals surface area contributed by atoms with Crippen molar-refractivity contribution in [3.63, 3.8) is 0 Å². The Labute approximate surface area is 112 Å². The molecule has 0 radical (unpaired) electrons. The lowest BCUT2D eigenvalue weighted by atomic mass is 10.3. The van der Waals surface area contributed by atoms with Crippen LogP contribution in [0.25, 0.3) is 0 Å². The van der Waals surface area contributed by atoms with E-state index in [0.29, 0.717) is 7.05 Å². The number of sulfonamides is 1. The van der Waals surface area contributed by atoms with Crippen molar-refractivity contribution in [3.8, 4) is 0 Å². The van der Waals surface area contributed by atoms with Gasteiger partial charge in [0.15, 0.2) is 4.90 Å². The van der Waals surface area contributed by atoms with E-state index in [1.54, 1.807) is 0 Å². The maximum absolute atomic E-state index is 12.2. The SMILES string of the molecule is CN(CC(F)(F)F)S(=O)(=O)c1ccc(N)cc1[N+](=O)[O-]. The number of anilines is 1. The summed E-state index contributed by atoms with van der Waals surface area (Å²) in [6.07, 6.45) is -4.76. The number of nitrogens with zero attached hydrogens (tertiary/aromatic N) is 2. The van der Waals surface area contributed by atoms with E-state index in [4.69, 9.17) is 5.73 Å². The molecule has 1 aromatic rings. The minimum Gasteiger partial charge on any atom is -0.399 e. The Bertz CT molecular complexity index is 630. The first-order chi connectivity index (χ1) is 8.95. The molecule has 0 aliphatic rings. The summed E-state index contributed by atoms with van der Waals surface area (Å²) in [6, 6.07) is 2.63. The van der Waals surface area contributed by atoms with Crippen LogP contribution < -0.4 is 5.73 Å². The molecule has 112 valence electrons. The topological polar surface area (TPSA) is 107 Å². The van der Waals surface area contributed by atoms with E-state index in [1.807, 2.05) is 0 Å². The van der Waals surface area contributed by atoms with E-state index in [2.05, 4.69) is 0 Å². The Kier molecular flexibility index (Phi) is 4.24. The number of nitrogen functional groups attached to an aromatic ring is 1. The molecule has 2 N–H and O–H groups in total. The highest BCUT2D eigenvalue weighted by Gasteiger charge is 2.37. The van der Waals surface area contributed by atoms with Gasteiger partial charge in [-0.05, 0) is 12.1 Å². The average molecular weight is 313 g/mol. The summed E-state index contributed by atoms with van der Waals surface area (Å²) < 4.78 is 60.5. The van der Waals surface area contributed by atoms with Gasteiger partial charge in [0.2, 0.25) is 10.0 Å². The van der Waals surface area contributed by atoms with Crippen LogP contribution in [0.15, 0.2) is 23.1 Å².